The molecule has 44 heavy (non-hydrogen) atoms. The Morgan fingerprint density at radius 2 is 1.61 bits per heavy atom. The van der Waals surface area contributed by atoms with Crippen LogP contribution in [0.4, 0.5) is 5.69 Å². The predicted octanol–water partition coefficient (Wildman–Crippen LogP) is 5.77. The van der Waals surface area contributed by atoms with Crippen LogP contribution in [0.2, 0.25) is 0 Å². The Bertz CT molecular complexity index is 1900. The smallest absolute Gasteiger partial charge is 0.343 e. The van der Waals surface area contributed by atoms with E-state index in [1.807, 2.05) is 25.1 Å². The molecular formula is C33H34N2O7S2. The van der Waals surface area contributed by atoms with E-state index in [-0.39, 0.29) is 34.4 Å². The van der Waals surface area contributed by atoms with Gasteiger partial charge in [-0.1, -0.05) is 67.6 Å². The van der Waals surface area contributed by atoms with E-state index < -0.39 is 37.5 Å². The quantitative estimate of drug-likeness (QED) is 0.169. The van der Waals surface area contributed by atoms with Gasteiger partial charge >= 0.3 is 5.63 Å². The molecule has 5 rings (SSSR count). The second kappa shape index (κ2) is 13.2. The summed E-state index contributed by atoms with van der Waals surface area (Å²) in [6.45, 7) is 1.81. The highest BCUT2D eigenvalue weighted by atomic mass is 32.2. The monoisotopic (exact) mass is 634 g/mol. The Morgan fingerprint density at radius 3 is 2.25 bits per heavy atom. The van der Waals surface area contributed by atoms with Crippen molar-refractivity contribution in [2.45, 2.75) is 42.9 Å². The SMILES string of the molecule is CCC(CNS(=O)(=O)c1ccccc1)c1cc(O)c(C(c2cccc(NS(=O)(=O)C=Cc3ccccc3)c2)C2CC2)c(=O)o1. The van der Waals surface area contributed by atoms with Crippen molar-refractivity contribution >= 4 is 31.8 Å². The molecule has 1 aromatic heterocycles. The summed E-state index contributed by atoms with van der Waals surface area (Å²) in [7, 11) is -7.60. The van der Waals surface area contributed by atoms with Gasteiger partial charge in [0.1, 0.15) is 11.5 Å². The Kier molecular flexibility index (Phi) is 9.38. The lowest BCUT2D eigenvalue weighted by Gasteiger charge is -2.20. The fourth-order valence-corrected chi connectivity index (χ4v) is 7.13. The van der Waals surface area contributed by atoms with Crippen molar-refractivity contribution in [3.8, 4) is 5.75 Å². The van der Waals surface area contributed by atoms with Crippen molar-refractivity contribution in [3.63, 3.8) is 0 Å². The van der Waals surface area contributed by atoms with Crippen LogP contribution in [0.25, 0.3) is 6.08 Å². The van der Waals surface area contributed by atoms with Crippen LogP contribution in [0.1, 0.15) is 60.5 Å². The number of nitrogens with one attached hydrogen (secondary N) is 2. The molecule has 230 valence electrons. The van der Waals surface area contributed by atoms with Gasteiger partial charge in [-0.25, -0.2) is 26.4 Å². The van der Waals surface area contributed by atoms with Crippen LogP contribution in [0.3, 0.4) is 0 Å². The van der Waals surface area contributed by atoms with Crippen molar-refractivity contribution in [2.24, 2.45) is 5.92 Å². The van der Waals surface area contributed by atoms with Crippen LogP contribution in [0, 0.1) is 5.92 Å². The molecule has 2 atom stereocenters. The molecule has 1 fully saturated rings. The number of anilines is 1. The molecular weight excluding hydrogens is 601 g/mol. The molecule has 0 bridgehead atoms. The number of rotatable bonds is 13. The Hall–Kier alpha value is -4.19. The molecule has 0 radical (unpaired) electrons. The topological polar surface area (TPSA) is 143 Å². The van der Waals surface area contributed by atoms with Gasteiger partial charge in [-0.15, -0.1) is 0 Å². The van der Waals surface area contributed by atoms with Gasteiger partial charge < -0.3 is 9.52 Å². The predicted molar refractivity (Wildman–Crippen MR) is 170 cm³/mol. The standard InChI is InChI=1S/C33H34N2O7S2/c1-2-24(22-34-44(40,41)28-14-7-4-8-15-28)30-21-29(36)32(33(37)42-30)31(25-16-17-25)26-12-9-13-27(20-26)35-43(38,39)19-18-23-10-5-3-6-11-23/h3-15,18-21,24-25,31,34-36H,2,16-17,22H2,1H3. The first-order valence-electron chi connectivity index (χ1n) is 14.3. The lowest BCUT2D eigenvalue weighted by molar-refractivity contribution is 0.379. The van der Waals surface area contributed by atoms with Gasteiger partial charge in [0.2, 0.25) is 10.0 Å². The maximum atomic E-state index is 13.4. The van der Waals surface area contributed by atoms with Gasteiger partial charge in [-0.3, -0.25) is 4.72 Å². The minimum absolute atomic E-state index is 0.0254. The summed E-state index contributed by atoms with van der Waals surface area (Å²) in [6.07, 6.45) is 3.62. The third-order valence-electron chi connectivity index (χ3n) is 7.60. The van der Waals surface area contributed by atoms with Gasteiger partial charge in [0.25, 0.3) is 10.0 Å². The molecule has 0 aliphatic heterocycles. The van der Waals surface area contributed by atoms with Crippen molar-refractivity contribution in [1.82, 2.24) is 4.72 Å². The van der Waals surface area contributed by atoms with E-state index in [1.165, 1.54) is 24.3 Å². The van der Waals surface area contributed by atoms with E-state index in [9.17, 15) is 26.7 Å². The van der Waals surface area contributed by atoms with Crippen molar-refractivity contribution < 1.29 is 26.4 Å². The molecule has 0 spiro atoms. The number of sulfonamides is 2. The summed E-state index contributed by atoms with van der Waals surface area (Å²) in [5, 5.41) is 12.2. The molecule has 0 saturated heterocycles. The van der Waals surface area contributed by atoms with E-state index in [0.29, 0.717) is 17.7 Å². The summed E-state index contributed by atoms with van der Waals surface area (Å²) >= 11 is 0. The van der Waals surface area contributed by atoms with E-state index in [0.717, 1.165) is 23.8 Å². The highest BCUT2D eigenvalue weighted by molar-refractivity contribution is 7.95. The molecule has 3 aromatic carbocycles. The van der Waals surface area contributed by atoms with E-state index >= 15 is 0 Å². The fraction of sp³-hybridized carbons (Fsp3) is 0.242. The van der Waals surface area contributed by atoms with Gasteiger partial charge in [0, 0.05) is 30.1 Å². The third-order valence-corrected chi connectivity index (χ3v) is 10.1. The van der Waals surface area contributed by atoms with Crippen LogP contribution in [0.15, 0.2) is 111 Å². The Balaban J connectivity index is 1.37. The van der Waals surface area contributed by atoms with Crippen LogP contribution in [-0.2, 0) is 20.0 Å². The third kappa shape index (κ3) is 7.65. The highest BCUT2D eigenvalue weighted by Crippen LogP contribution is 2.48. The second-order valence-electron chi connectivity index (χ2n) is 10.8. The first-order chi connectivity index (χ1) is 21.1. The minimum Gasteiger partial charge on any atom is -0.507 e. The molecule has 3 N–H and O–H groups in total. The summed E-state index contributed by atoms with van der Waals surface area (Å²) in [5.74, 6) is -1.01. The van der Waals surface area contributed by atoms with Gasteiger partial charge in [0.05, 0.1) is 15.9 Å². The number of hydrogen-bond donors (Lipinski definition) is 3. The summed E-state index contributed by atoms with van der Waals surface area (Å²) < 4.78 is 61.8. The lowest BCUT2D eigenvalue weighted by atomic mass is 9.87. The molecule has 1 saturated carbocycles. The van der Waals surface area contributed by atoms with Crippen LogP contribution in [-0.4, -0.2) is 28.5 Å². The zero-order valence-corrected chi connectivity index (χ0v) is 25.7. The Morgan fingerprint density at radius 1 is 0.932 bits per heavy atom. The molecule has 1 heterocycles. The normalized spacial score (nSPS) is 15.2. The van der Waals surface area contributed by atoms with Crippen molar-refractivity contribution in [3.05, 3.63) is 129 Å². The molecule has 2 unspecified atom stereocenters. The molecule has 11 heteroatoms. The number of aromatic hydroxyl groups is 1. The average Bonchev–Trinajstić information content (AvgIpc) is 3.84. The minimum atomic E-state index is -3.82. The van der Waals surface area contributed by atoms with Gasteiger partial charge in [-0.2, -0.15) is 0 Å². The van der Waals surface area contributed by atoms with Crippen molar-refractivity contribution in [1.29, 1.82) is 0 Å². The zero-order valence-electron chi connectivity index (χ0n) is 24.1. The zero-order chi connectivity index (χ0) is 31.3. The van der Waals surface area contributed by atoms with E-state index in [4.69, 9.17) is 4.42 Å². The first-order valence-corrected chi connectivity index (χ1v) is 17.4. The fourth-order valence-electron chi connectivity index (χ4n) is 5.17. The number of benzene rings is 3. The van der Waals surface area contributed by atoms with Crippen molar-refractivity contribution in [2.75, 3.05) is 11.3 Å². The average molecular weight is 635 g/mol. The first kappa shape index (κ1) is 31.2. The van der Waals surface area contributed by atoms with Crippen LogP contribution < -0.4 is 15.1 Å². The molecule has 1 aliphatic carbocycles. The highest BCUT2D eigenvalue weighted by Gasteiger charge is 2.38. The van der Waals surface area contributed by atoms with Crippen LogP contribution >= 0.6 is 0 Å². The molecule has 0 amide bonds. The van der Waals surface area contributed by atoms with E-state index in [1.54, 1.807) is 54.6 Å². The van der Waals surface area contributed by atoms with Crippen LogP contribution in [0.5, 0.6) is 5.75 Å². The molecule has 9 nitrogen and oxygen atoms in total. The summed E-state index contributed by atoms with van der Waals surface area (Å²) in [4.78, 5) is 13.5. The maximum Gasteiger partial charge on any atom is 0.343 e. The lowest BCUT2D eigenvalue weighted by Crippen LogP contribution is -2.29. The Labute approximate surface area is 257 Å². The summed E-state index contributed by atoms with van der Waals surface area (Å²) in [5.41, 5.74) is 1.11. The van der Waals surface area contributed by atoms with E-state index in [2.05, 4.69) is 9.44 Å². The maximum absolute atomic E-state index is 13.4. The van der Waals surface area contributed by atoms with Gasteiger partial charge in [0.15, 0.2) is 0 Å². The largest absolute Gasteiger partial charge is 0.507 e. The molecule has 1 aliphatic rings. The molecule has 4 aromatic rings. The second-order valence-corrected chi connectivity index (χ2v) is 14.1. The van der Waals surface area contributed by atoms with Gasteiger partial charge in [-0.05, 0) is 66.6 Å². The summed E-state index contributed by atoms with van der Waals surface area (Å²) in [6, 6.07) is 25.2. The number of hydrogen-bond acceptors (Lipinski definition) is 7.